The number of aromatic amines is 1. The Balaban J connectivity index is 1.15. The fraction of sp³-hybridized carbons (Fsp3) is 0.500. The van der Waals surface area contributed by atoms with E-state index in [0.717, 1.165) is 12.8 Å². The molecule has 4 aromatic heterocycles. The number of aromatic nitrogens is 6. The third-order valence-corrected chi connectivity index (χ3v) is 11.9. The first-order valence-electron chi connectivity index (χ1n) is 16.7. The summed E-state index contributed by atoms with van der Waals surface area (Å²) in [6.45, 7) is 1.43. The largest absolute Gasteiger partial charge is 0.461 e. The number of hydrogen-bond donors (Lipinski definition) is 2. The van der Waals surface area contributed by atoms with Crippen LogP contribution in [0.5, 0.6) is 6.01 Å². The average Bonchev–Trinajstić information content (AvgIpc) is 3.77. The first-order chi connectivity index (χ1) is 23.5. The SMILES string of the molecule is OC12CC3(CCCN(C3)c3nc(OC[C@]45CCN4CC(F)(F)C5)nc4c(F)c(ncc34)-c3c(c(Cl)cc4[nH]ncc34)CCc3cnc1o3)C2. The Morgan fingerprint density at radius 2 is 1.90 bits per heavy atom. The highest BCUT2D eigenvalue weighted by molar-refractivity contribution is 6.33. The third kappa shape index (κ3) is 4.45. The fourth-order valence-corrected chi connectivity index (χ4v) is 9.58. The molecule has 2 N–H and O–H groups in total. The van der Waals surface area contributed by atoms with Crippen LogP contribution in [-0.2, 0) is 18.4 Å². The summed E-state index contributed by atoms with van der Waals surface area (Å²) in [6.07, 6.45) is 8.51. The van der Waals surface area contributed by atoms with Crippen molar-refractivity contribution < 1.29 is 27.4 Å². The molecule has 1 aliphatic carbocycles. The Hall–Kier alpha value is -4.01. The molecular formula is C34H32ClF3N8O3. The molecule has 3 saturated heterocycles. The number of pyridine rings is 1. The number of oxazole rings is 1. The Kier molecular flexibility index (Phi) is 6.12. The van der Waals surface area contributed by atoms with Crippen molar-refractivity contribution in [3.05, 3.63) is 52.7 Å². The molecule has 11 nitrogen and oxygen atoms in total. The molecule has 7 aliphatic rings. The predicted molar refractivity (Wildman–Crippen MR) is 172 cm³/mol. The van der Waals surface area contributed by atoms with Crippen molar-refractivity contribution in [2.24, 2.45) is 5.41 Å². The maximum atomic E-state index is 17.1. The minimum Gasteiger partial charge on any atom is -0.461 e. The predicted octanol–water partition coefficient (Wildman–Crippen LogP) is 5.58. The number of H-pyrrole nitrogens is 1. The van der Waals surface area contributed by atoms with E-state index < -0.39 is 22.9 Å². The third-order valence-electron chi connectivity index (χ3n) is 11.5. The minimum atomic E-state index is -2.80. The molecule has 5 aromatic rings. The van der Waals surface area contributed by atoms with E-state index in [0.29, 0.717) is 102 Å². The number of alkyl halides is 2. The Morgan fingerprint density at radius 3 is 2.71 bits per heavy atom. The number of piperidine rings is 1. The van der Waals surface area contributed by atoms with Gasteiger partial charge in [0.25, 0.3) is 5.92 Å². The number of halogens is 4. The highest BCUT2D eigenvalue weighted by Crippen LogP contribution is 2.58. The van der Waals surface area contributed by atoms with Crippen LogP contribution in [0.15, 0.2) is 29.1 Å². The molecule has 6 aliphatic heterocycles. The molecule has 0 radical (unpaired) electrons. The lowest BCUT2D eigenvalue weighted by Crippen LogP contribution is -2.59. The van der Waals surface area contributed by atoms with Crippen LogP contribution < -0.4 is 9.64 Å². The topological polar surface area (TPSA) is 129 Å². The molecule has 254 valence electrons. The van der Waals surface area contributed by atoms with Crippen LogP contribution in [0, 0.1) is 11.2 Å². The average molecular weight is 693 g/mol. The van der Waals surface area contributed by atoms with Crippen molar-refractivity contribution in [3.63, 3.8) is 0 Å². The van der Waals surface area contributed by atoms with Crippen LogP contribution in [0.25, 0.3) is 33.1 Å². The number of rotatable bonds is 3. The second-order valence-electron chi connectivity index (χ2n) is 14.8. The molecule has 1 spiro atoms. The van der Waals surface area contributed by atoms with Gasteiger partial charge in [-0.1, -0.05) is 11.6 Å². The maximum absolute atomic E-state index is 17.1. The van der Waals surface area contributed by atoms with Gasteiger partial charge in [-0.05, 0) is 55.6 Å². The normalized spacial score (nSPS) is 28.7. The van der Waals surface area contributed by atoms with Crippen LogP contribution in [0.4, 0.5) is 19.0 Å². The molecule has 15 heteroatoms. The number of nitrogens with one attached hydrogen (secondary N) is 1. The first-order valence-corrected chi connectivity index (χ1v) is 17.1. The number of anilines is 1. The zero-order valence-corrected chi connectivity index (χ0v) is 27.2. The smallest absolute Gasteiger partial charge is 0.319 e. The van der Waals surface area contributed by atoms with Gasteiger partial charge < -0.3 is 19.2 Å². The van der Waals surface area contributed by atoms with Gasteiger partial charge in [-0.15, -0.1) is 0 Å². The van der Waals surface area contributed by atoms with E-state index in [1.54, 1.807) is 29.6 Å². The van der Waals surface area contributed by atoms with Gasteiger partial charge in [0, 0.05) is 54.6 Å². The van der Waals surface area contributed by atoms with E-state index in [1.807, 2.05) is 0 Å². The molecule has 1 atom stereocenters. The summed E-state index contributed by atoms with van der Waals surface area (Å²) in [5, 5.41) is 20.2. The molecule has 49 heavy (non-hydrogen) atoms. The Labute approximate surface area is 282 Å². The lowest BCUT2D eigenvalue weighted by atomic mass is 9.56. The number of aryl methyl sites for hydroxylation is 1. The van der Waals surface area contributed by atoms with Crippen molar-refractivity contribution >= 4 is 39.2 Å². The quantitative estimate of drug-likeness (QED) is 0.247. The lowest BCUT2D eigenvalue weighted by molar-refractivity contribution is -0.154. The van der Waals surface area contributed by atoms with Gasteiger partial charge in [0.15, 0.2) is 5.82 Å². The molecular weight excluding hydrogens is 661 g/mol. The lowest BCUT2D eigenvalue weighted by Gasteiger charge is -2.56. The number of benzene rings is 1. The van der Waals surface area contributed by atoms with Gasteiger partial charge in [-0.3, -0.25) is 15.0 Å². The Morgan fingerprint density at radius 1 is 1.02 bits per heavy atom. The summed E-state index contributed by atoms with van der Waals surface area (Å²) in [5.41, 5.74) is -0.458. The molecule has 10 heterocycles. The van der Waals surface area contributed by atoms with Crippen molar-refractivity contribution in [3.8, 4) is 17.3 Å². The molecule has 4 fully saturated rings. The van der Waals surface area contributed by atoms with E-state index in [4.69, 9.17) is 30.7 Å². The number of fused-ring (bicyclic) bond motifs is 2. The van der Waals surface area contributed by atoms with Gasteiger partial charge in [0.05, 0.1) is 35.4 Å². The van der Waals surface area contributed by atoms with E-state index in [1.165, 1.54) is 0 Å². The van der Waals surface area contributed by atoms with Crippen molar-refractivity contribution in [1.82, 2.24) is 35.0 Å². The van der Waals surface area contributed by atoms with E-state index in [-0.39, 0.29) is 42.2 Å². The number of ether oxygens (including phenoxy) is 1. The van der Waals surface area contributed by atoms with Gasteiger partial charge in [0.2, 0.25) is 5.89 Å². The highest BCUT2D eigenvalue weighted by Gasteiger charge is 2.60. The monoisotopic (exact) mass is 692 g/mol. The van der Waals surface area contributed by atoms with Gasteiger partial charge in [-0.2, -0.15) is 15.1 Å². The summed E-state index contributed by atoms with van der Waals surface area (Å²) in [7, 11) is 0. The molecule has 0 amide bonds. The van der Waals surface area contributed by atoms with Gasteiger partial charge in [-0.25, -0.2) is 18.2 Å². The second-order valence-corrected chi connectivity index (χ2v) is 15.2. The maximum Gasteiger partial charge on any atom is 0.319 e. The second kappa shape index (κ2) is 10.0. The minimum absolute atomic E-state index is 0.0146. The summed E-state index contributed by atoms with van der Waals surface area (Å²) < 4.78 is 58.3. The van der Waals surface area contributed by atoms with E-state index in [9.17, 15) is 13.9 Å². The fourth-order valence-electron chi connectivity index (χ4n) is 9.28. The molecule has 9 bridgehead atoms. The van der Waals surface area contributed by atoms with Crippen LogP contribution >= 0.6 is 11.6 Å². The van der Waals surface area contributed by atoms with Gasteiger partial charge in [0.1, 0.15) is 35.0 Å². The number of hydrogen-bond acceptors (Lipinski definition) is 10. The highest BCUT2D eigenvalue weighted by atomic mass is 35.5. The van der Waals surface area contributed by atoms with Crippen LogP contribution in [0.3, 0.4) is 0 Å². The van der Waals surface area contributed by atoms with E-state index in [2.05, 4.69) is 25.1 Å². The van der Waals surface area contributed by atoms with Gasteiger partial charge >= 0.3 is 6.01 Å². The van der Waals surface area contributed by atoms with Crippen molar-refractivity contribution in [2.45, 2.75) is 68.4 Å². The Bertz CT molecular complexity index is 2180. The molecule has 0 unspecified atom stereocenters. The van der Waals surface area contributed by atoms with Crippen molar-refractivity contribution in [1.29, 1.82) is 0 Å². The van der Waals surface area contributed by atoms with Crippen LogP contribution in [0.1, 0.15) is 55.7 Å². The van der Waals surface area contributed by atoms with Crippen LogP contribution in [0.2, 0.25) is 5.02 Å². The zero-order chi connectivity index (χ0) is 33.3. The summed E-state index contributed by atoms with van der Waals surface area (Å²) in [6, 6.07) is 1.67. The molecule has 1 saturated carbocycles. The summed E-state index contributed by atoms with van der Waals surface area (Å²) in [5.74, 6) is -2.14. The van der Waals surface area contributed by atoms with E-state index >= 15 is 4.39 Å². The first kappa shape index (κ1) is 29.9. The number of nitrogens with zero attached hydrogens (tertiary/aromatic N) is 7. The number of aliphatic hydroxyl groups is 1. The molecule has 12 rings (SSSR count). The zero-order valence-electron chi connectivity index (χ0n) is 26.4. The summed E-state index contributed by atoms with van der Waals surface area (Å²) in [4.78, 5) is 22.4. The standard InChI is InChI=1S/C34H32ClF3N8O3/c35-22-8-23-20(11-41-44-23)24-19(22)3-2-18-9-40-29(49-18)33(47)12-31(13-33)4-1-6-45(15-31)28-21-10-39-27(24)25(36)26(21)42-30(43-28)48-17-32-5-7-46(32)16-34(37,38)14-32/h8-11,47H,1-7,12-17H2,(H,41,44)/t31?,32-,33?/m1/s1. The molecule has 1 aromatic carbocycles. The van der Waals surface area contributed by atoms with Crippen molar-refractivity contribution in [2.75, 3.05) is 37.7 Å². The summed E-state index contributed by atoms with van der Waals surface area (Å²) >= 11 is 6.86. The van der Waals surface area contributed by atoms with Crippen LogP contribution in [-0.4, -0.2) is 84.4 Å².